The quantitative estimate of drug-likeness (QED) is 0.384. The van der Waals surface area contributed by atoms with Gasteiger partial charge in [-0.25, -0.2) is 0 Å². The Labute approximate surface area is 143 Å². The summed E-state index contributed by atoms with van der Waals surface area (Å²) in [6, 6.07) is 1.51. The molecule has 2 N–H and O–H groups in total. The van der Waals surface area contributed by atoms with Crippen LogP contribution in [0, 0.1) is 0 Å². The van der Waals surface area contributed by atoms with Gasteiger partial charge in [0.15, 0.2) is 0 Å². The molecule has 0 spiro atoms. The van der Waals surface area contributed by atoms with Crippen LogP contribution in [0.4, 0.5) is 0 Å². The van der Waals surface area contributed by atoms with Crippen LogP contribution in [-0.2, 0) is 22.4 Å². The van der Waals surface area contributed by atoms with Crippen molar-refractivity contribution in [2.45, 2.75) is 38.5 Å². The molecule has 0 heterocycles. The summed E-state index contributed by atoms with van der Waals surface area (Å²) in [5.74, 6) is -1.05. The number of phenolic OH excluding ortho intramolecular Hbond substituents is 2. The van der Waals surface area contributed by atoms with Crippen molar-refractivity contribution in [3.8, 4) is 11.5 Å². The summed E-state index contributed by atoms with van der Waals surface area (Å²) in [4.78, 5) is 12.4. The van der Waals surface area contributed by atoms with Crippen LogP contribution >= 0.6 is 0 Å². The minimum atomic E-state index is -0.673. The third-order valence-electron chi connectivity index (χ3n) is 3.80. The van der Waals surface area contributed by atoms with Crippen molar-refractivity contribution in [3.63, 3.8) is 0 Å². The summed E-state index contributed by atoms with van der Waals surface area (Å²) in [7, 11) is 0. The fraction of sp³-hybridized carbons (Fsp3) is 0.350. The van der Waals surface area contributed by atoms with Crippen LogP contribution in [0.15, 0.2) is 44.0 Å². The molecule has 0 fully saturated rings. The van der Waals surface area contributed by atoms with Gasteiger partial charge in [0, 0.05) is 16.7 Å². The second-order valence-corrected chi connectivity index (χ2v) is 5.45. The SMILES string of the molecule is C=CCCC(C(=O)OCC)c1c(O)c(CC=C)cc(O)c1CC=C. The second-order valence-electron chi connectivity index (χ2n) is 5.45. The predicted molar refractivity (Wildman–Crippen MR) is 96.4 cm³/mol. The molecule has 0 aliphatic heterocycles. The number of esters is 1. The van der Waals surface area contributed by atoms with Crippen molar-refractivity contribution in [1.82, 2.24) is 0 Å². The first-order valence-corrected chi connectivity index (χ1v) is 8.07. The topological polar surface area (TPSA) is 66.8 Å². The molecule has 130 valence electrons. The maximum atomic E-state index is 12.4. The number of carbonyl (C=O) groups excluding carboxylic acids is 1. The lowest BCUT2D eigenvalue weighted by atomic mass is 9.85. The largest absolute Gasteiger partial charge is 0.508 e. The molecule has 0 aromatic heterocycles. The number of aromatic hydroxyl groups is 2. The summed E-state index contributed by atoms with van der Waals surface area (Å²) in [5.41, 5.74) is 1.43. The van der Waals surface area contributed by atoms with Crippen LogP contribution in [0.1, 0.15) is 42.4 Å². The molecule has 1 rings (SSSR count). The van der Waals surface area contributed by atoms with Crippen molar-refractivity contribution < 1.29 is 19.7 Å². The Bertz CT molecular complexity index is 617. The van der Waals surface area contributed by atoms with Crippen molar-refractivity contribution in [2.75, 3.05) is 6.61 Å². The van der Waals surface area contributed by atoms with Gasteiger partial charge in [-0.2, -0.15) is 0 Å². The third kappa shape index (κ3) is 4.51. The van der Waals surface area contributed by atoms with Crippen LogP contribution in [0.3, 0.4) is 0 Å². The van der Waals surface area contributed by atoms with Crippen LogP contribution < -0.4 is 0 Å². The van der Waals surface area contributed by atoms with E-state index in [0.717, 1.165) is 0 Å². The van der Waals surface area contributed by atoms with Crippen LogP contribution in [0.2, 0.25) is 0 Å². The molecule has 0 saturated heterocycles. The zero-order chi connectivity index (χ0) is 18.1. The van der Waals surface area contributed by atoms with E-state index in [2.05, 4.69) is 19.7 Å². The van der Waals surface area contributed by atoms with E-state index in [-0.39, 0.29) is 18.1 Å². The smallest absolute Gasteiger partial charge is 0.313 e. The Hall–Kier alpha value is -2.49. The first kappa shape index (κ1) is 19.6. The van der Waals surface area contributed by atoms with Gasteiger partial charge in [0.25, 0.3) is 0 Å². The van der Waals surface area contributed by atoms with E-state index >= 15 is 0 Å². The van der Waals surface area contributed by atoms with Gasteiger partial charge in [-0.3, -0.25) is 4.79 Å². The van der Waals surface area contributed by atoms with E-state index in [1.165, 1.54) is 6.07 Å². The number of hydrogen-bond donors (Lipinski definition) is 2. The molecule has 1 atom stereocenters. The Kier molecular flexibility index (Phi) is 7.83. The average molecular weight is 330 g/mol. The van der Waals surface area contributed by atoms with Gasteiger partial charge in [0.2, 0.25) is 0 Å². The third-order valence-corrected chi connectivity index (χ3v) is 3.80. The first-order valence-electron chi connectivity index (χ1n) is 8.07. The molecule has 0 bridgehead atoms. The van der Waals surface area contributed by atoms with Gasteiger partial charge in [-0.05, 0) is 38.7 Å². The van der Waals surface area contributed by atoms with Crippen LogP contribution in [0.5, 0.6) is 11.5 Å². The number of carbonyl (C=O) groups is 1. The number of allylic oxidation sites excluding steroid dienone is 3. The lowest BCUT2D eigenvalue weighted by Crippen LogP contribution is -2.18. The van der Waals surface area contributed by atoms with Gasteiger partial charge in [-0.1, -0.05) is 18.2 Å². The molecule has 1 unspecified atom stereocenters. The van der Waals surface area contributed by atoms with Gasteiger partial charge >= 0.3 is 5.97 Å². The molecule has 0 radical (unpaired) electrons. The molecular formula is C20H26O4. The molecule has 4 nitrogen and oxygen atoms in total. The maximum absolute atomic E-state index is 12.4. The van der Waals surface area contributed by atoms with E-state index in [1.54, 1.807) is 25.2 Å². The van der Waals surface area contributed by atoms with E-state index < -0.39 is 11.9 Å². The first-order chi connectivity index (χ1) is 11.5. The Morgan fingerprint density at radius 3 is 2.42 bits per heavy atom. The van der Waals surface area contributed by atoms with Crippen molar-refractivity contribution >= 4 is 5.97 Å². The van der Waals surface area contributed by atoms with Crippen LogP contribution in [0.25, 0.3) is 0 Å². The van der Waals surface area contributed by atoms with Gasteiger partial charge in [-0.15, -0.1) is 19.7 Å². The Morgan fingerprint density at radius 1 is 1.21 bits per heavy atom. The molecule has 24 heavy (non-hydrogen) atoms. The van der Waals surface area contributed by atoms with E-state index in [1.807, 2.05) is 0 Å². The van der Waals surface area contributed by atoms with Crippen molar-refractivity contribution in [1.29, 1.82) is 0 Å². The molecule has 1 aromatic carbocycles. The minimum absolute atomic E-state index is 0.00617. The summed E-state index contributed by atoms with van der Waals surface area (Å²) in [5, 5.41) is 21.1. The predicted octanol–water partition coefficient (Wildman–Crippen LogP) is 4.17. The molecule has 0 amide bonds. The molecular weight excluding hydrogens is 304 g/mol. The summed E-state index contributed by atoms with van der Waals surface area (Å²) in [6.45, 7) is 13.0. The Morgan fingerprint density at radius 2 is 1.88 bits per heavy atom. The zero-order valence-corrected chi connectivity index (χ0v) is 14.3. The molecule has 0 aliphatic rings. The number of rotatable bonds is 10. The highest BCUT2D eigenvalue weighted by atomic mass is 16.5. The van der Waals surface area contributed by atoms with Crippen molar-refractivity contribution in [3.05, 3.63) is 60.7 Å². The molecule has 1 aromatic rings. The number of benzene rings is 1. The fourth-order valence-electron chi connectivity index (χ4n) is 2.73. The maximum Gasteiger partial charge on any atom is 0.313 e. The average Bonchev–Trinajstić information content (AvgIpc) is 2.55. The second kappa shape index (κ2) is 9.60. The van der Waals surface area contributed by atoms with Gasteiger partial charge < -0.3 is 14.9 Å². The minimum Gasteiger partial charge on any atom is -0.508 e. The normalized spacial score (nSPS) is 11.5. The van der Waals surface area contributed by atoms with E-state index in [4.69, 9.17) is 4.74 Å². The standard InChI is InChI=1S/C20H26O4/c1-5-9-12-16(20(23)24-8-4)18-15(11-7-3)17(21)13-14(10-6-2)19(18)22/h5-7,13,16,21-22H,1-3,8-12H2,4H3. The lowest BCUT2D eigenvalue weighted by molar-refractivity contribution is -0.145. The summed E-state index contributed by atoms with van der Waals surface area (Å²) in [6.07, 6.45) is 6.73. The van der Waals surface area contributed by atoms with Gasteiger partial charge in [0.05, 0.1) is 12.5 Å². The molecule has 0 aliphatic carbocycles. The fourth-order valence-corrected chi connectivity index (χ4v) is 2.73. The Balaban J connectivity index is 3.56. The number of ether oxygens (including phenoxy) is 1. The summed E-state index contributed by atoms with van der Waals surface area (Å²) >= 11 is 0. The van der Waals surface area contributed by atoms with Crippen LogP contribution in [-0.4, -0.2) is 22.8 Å². The lowest BCUT2D eigenvalue weighted by Gasteiger charge is -2.22. The molecule has 4 heteroatoms. The highest BCUT2D eigenvalue weighted by Crippen LogP contribution is 2.41. The highest BCUT2D eigenvalue weighted by molar-refractivity contribution is 5.81. The summed E-state index contributed by atoms with van der Waals surface area (Å²) < 4.78 is 5.17. The number of hydrogen-bond acceptors (Lipinski definition) is 4. The monoisotopic (exact) mass is 330 g/mol. The van der Waals surface area contributed by atoms with E-state index in [0.29, 0.717) is 42.4 Å². The van der Waals surface area contributed by atoms with Crippen molar-refractivity contribution in [2.24, 2.45) is 0 Å². The molecule has 0 saturated carbocycles. The van der Waals surface area contributed by atoms with Gasteiger partial charge in [0.1, 0.15) is 11.5 Å². The number of phenols is 2. The zero-order valence-electron chi connectivity index (χ0n) is 14.3. The highest BCUT2D eigenvalue weighted by Gasteiger charge is 2.29. The van der Waals surface area contributed by atoms with E-state index in [9.17, 15) is 15.0 Å².